The van der Waals surface area contributed by atoms with Gasteiger partial charge in [-0.1, -0.05) is 24.3 Å². The summed E-state index contributed by atoms with van der Waals surface area (Å²) in [5.41, 5.74) is 2.88. The second-order valence-electron chi connectivity index (χ2n) is 7.67. The molecule has 0 spiro atoms. The number of hydrogen-bond acceptors (Lipinski definition) is 5. The van der Waals surface area contributed by atoms with Crippen molar-refractivity contribution in [3.8, 4) is 17.3 Å². The molecule has 0 radical (unpaired) electrons. The normalized spacial score (nSPS) is 10.7. The highest BCUT2D eigenvalue weighted by Crippen LogP contribution is 2.19. The average molecular weight is 431 g/mol. The molecular weight excluding hydrogens is 406 g/mol. The molecule has 0 saturated carbocycles. The summed E-state index contributed by atoms with van der Waals surface area (Å²) in [6.07, 6.45) is -0.315. The molecule has 0 atom stereocenters. The highest BCUT2D eigenvalue weighted by atomic mass is 16.4. The van der Waals surface area contributed by atoms with Gasteiger partial charge in [-0.15, -0.1) is 0 Å². The predicted molar refractivity (Wildman–Crippen MR) is 123 cm³/mol. The highest BCUT2D eigenvalue weighted by Gasteiger charge is 2.15. The molecule has 0 bridgehead atoms. The van der Waals surface area contributed by atoms with E-state index in [9.17, 15) is 14.7 Å². The SMILES string of the molecule is CN(C)CCCN(C(=O)O)c1cccc(Cn2nc(-c3cccc(C#N)c3)ccc2=O)c1. The van der Waals surface area contributed by atoms with Crippen molar-refractivity contribution >= 4 is 11.8 Å². The lowest BCUT2D eigenvalue weighted by Crippen LogP contribution is -2.32. The van der Waals surface area contributed by atoms with Crippen molar-refractivity contribution in [3.63, 3.8) is 0 Å². The van der Waals surface area contributed by atoms with Crippen LogP contribution in [0.4, 0.5) is 10.5 Å². The number of nitrogens with zero attached hydrogens (tertiary/aromatic N) is 5. The van der Waals surface area contributed by atoms with Crippen LogP contribution in [0.5, 0.6) is 0 Å². The van der Waals surface area contributed by atoms with E-state index in [1.165, 1.54) is 15.6 Å². The zero-order chi connectivity index (χ0) is 23.1. The van der Waals surface area contributed by atoms with Gasteiger partial charge >= 0.3 is 6.09 Å². The van der Waals surface area contributed by atoms with E-state index in [1.54, 1.807) is 42.5 Å². The van der Waals surface area contributed by atoms with E-state index >= 15 is 0 Å². The van der Waals surface area contributed by atoms with E-state index < -0.39 is 6.09 Å². The topological polar surface area (TPSA) is 102 Å². The van der Waals surface area contributed by atoms with Gasteiger partial charge in [0.05, 0.1) is 23.9 Å². The quantitative estimate of drug-likeness (QED) is 0.587. The van der Waals surface area contributed by atoms with Crippen molar-refractivity contribution < 1.29 is 9.90 Å². The number of amides is 1. The molecule has 0 aliphatic rings. The Balaban J connectivity index is 1.85. The fourth-order valence-corrected chi connectivity index (χ4v) is 3.34. The van der Waals surface area contributed by atoms with Crippen molar-refractivity contribution in [1.82, 2.24) is 14.7 Å². The van der Waals surface area contributed by atoms with Gasteiger partial charge in [-0.3, -0.25) is 9.69 Å². The summed E-state index contributed by atoms with van der Waals surface area (Å²) in [6.45, 7) is 1.35. The molecule has 1 heterocycles. The molecule has 0 fully saturated rings. The molecule has 3 rings (SSSR count). The van der Waals surface area contributed by atoms with Crippen LogP contribution in [-0.4, -0.2) is 53.1 Å². The van der Waals surface area contributed by atoms with Crippen LogP contribution in [0.25, 0.3) is 11.3 Å². The molecule has 1 aromatic heterocycles. The Morgan fingerprint density at radius 3 is 2.59 bits per heavy atom. The van der Waals surface area contributed by atoms with E-state index in [1.807, 2.05) is 31.1 Å². The summed E-state index contributed by atoms with van der Waals surface area (Å²) >= 11 is 0. The third kappa shape index (κ3) is 5.80. The maximum atomic E-state index is 12.4. The number of anilines is 1. The summed E-state index contributed by atoms with van der Waals surface area (Å²) in [5, 5.41) is 23.2. The second kappa shape index (κ2) is 10.4. The van der Waals surface area contributed by atoms with Crippen molar-refractivity contribution in [1.29, 1.82) is 5.26 Å². The number of rotatable bonds is 8. The first kappa shape index (κ1) is 22.7. The first-order valence-corrected chi connectivity index (χ1v) is 10.2. The molecule has 0 unspecified atom stereocenters. The number of nitriles is 1. The molecule has 1 N–H and O–H groups in total. The van der Waals surface area contributed by atoms with Crippen LogP contribution in [0.3, 0.4) is 0 Å². The number of carboxylic acid groups (broad SMARTS) is 1. The first-order valence-electron chi connectivity index (χ1n) is 10.2. The van der Waals surface area contributed by atoms with Crippen LogP contribution in [0.2, 0.25) is 0 Å². The number of carbonyl (C=O) groups is 1. The van der Waals surface area contributed by atoms with Gasteiger partial charge in [0.1, 0.15) is 0 Å². The Morgan fingerprint density at radius 1 is 1.09 bits per heavy atom. The van der Waals surface area contributed by atoms with Gasteiger partial charge < -0.3 is 10.0 Å². The van der Waals surface area contributed by atoms with Crippen molar-refractivity contribution in [2.45, 2.75) is 13.0 Å². The van der Waals surface area contributed by atoms with E-state index in [0.717, 1.165) is 17.7 Å². The van der Waals surface area contributed by atoms with E-state index in [2.05, 4.69) is 11.2 Å². The molecule has 3 aromatic rings. The van der Waals surface area contributed by atoms with Crippen LogP contribution in [-0.2, 0) is 6.54 Å². The number of benzene rings is 2. The van der Waals surface area contributed by atoms with Crippen molar-refractivity contribution in [3.05, 3.63) is 82.1 Å². The van der Waals surface area contributed by atoms with Crippen molar-refractivity contribution in [2.75, 3.05) is 32.1 Å². The van der Waals surface area contributed by atoms with Crippen LogP contribution < -0.4 is 10.5 Å². The molecule has 1 amide bonds. The molecular formula is C24H25N5O3. The Hall–Kier alpha value is -3.96. The zero-order valence-corrected chi connectivity index (χ0v) is 18.1. The Kier molecular flexibility index (Phi) is 7.37. The summed E-state index contributed by atoms with van der Waals surface area (Å²) < 4.78 is 1.34. The maximum absolute atomic E-state index is 12.4. The Morgan fingerprint density at radius 2 is 1.88 bits per heavy atom. The second-order valence-corrected chi connectivity index (χ2v) is 7.67. The van der Waals surface area contributed by atoms with Gasteiger partial charge in [0.25, 0.3) is 5.56 Å². The average Bonchev–Trinajstić information content (AvgIpc) is 2.78. The lowest BCUT2D eigenvalue weighted by Gasteiger charge is -2.21. The summed E-state index contributed by atoms with van der Waals surface area (Å²) in [6, 6.07) is 19.3. The molecule has 0 saturated heterocycles. The van der Waals surface area contributed by atoms with Gasteiger partial charge in [0, 0.05) is 23.9 Å². The van der Waals surface area contributed by atoms with Crippen LogP contribution >= 0.6 is 0 Å². The largest absolute Gasteiger partial charge is 0.465 e. The van der Waals surface area contributed by atoms with Gasteiger partial charge in [-0.2, -0.15) is 10.4 Å². The minimum Gasteiger partial charge on any atom is -0.465 e. The van der Waals surface area contributed by atoms with Gasteiger partial charge in [-0.25, -0.2) is 9.48 Å². The number of hydrogen-bond donors (Lipinski definition) is 1. The van der Waals surface area contributed by atoms with E-state index in [-0.39, 0.29) is 12.1 Å². The fraction of sp³-hybridized carbons (Fsp3) is 0.250. The maximum Gasteiger partial charge on any atom is 0.411 e. The third-order valence-corrected chi connectivity index (χ3v) is 4.93. The zero-order valence-electron chi connectivity index (χ0n) is 18.1. The molecule has 0 aliphatic heterocycles. The molecule has 164 valence electrons. The minimum absolute atomic E-state index is 0.198. The molecule has 2 aromatic carbocycles. The Labute approximate surface area is 186 Å². The van der Waals surface area contributed by atoms with Gasteiger partial charge in [0.2, 0.25) is 0 Å². The van der Waals surface area contributed by atoms with Crippen LogP contribution in [0.1, 0.15) is 17.5 Å². The van der Waals surface area contributed by atoms with E-state index in [4.69, 9.17) is 5.26 Å². The van der Waals surface area contributed by atoms with Crippen molar-refractivity contribution in [2.24, 2.45) is 0 Å². The van der Waals surface area contributed by atoms with E-state index in [0.29, 0.717) is 29.9 Å². The van der Waals surface area contributed by atoms with Crippen LogP contribution in [0, 0.1) is 11.3 Å². The Bertz CT molecular complexity index is 1200. The molecule has 8 heteroatoms. The highest BCUT2D eigenvalue weighted by molar-refractivity contribution is 5.86. The summed E-state index contributed by atoms with van der Waals surface area (Å²) in [5.74, 6) is 0. The molecule has 8 nitrogen and oxygen atoms in total. The smallest absolute Gasteiger partial charge is 0.411 e. The third-order valence-electron chi connectivity index (χ3n) is 4.93. The predicted octanol–water partition coefficient (Wildman–Crippen LogP) is 3.27. The minimum atomic E-state index is -1.02. The summed E-state index contributed by atoms with van der Waals surface area (Å²) in [7, 11) is 3.89. The van der Waals surface area contributed by atoms with Gasteiger partial charge in [0.15, 0.2) is 0 Å². The lowest BCUT2D eigenvalue weighted by molar-refractivity contribution is 0.201. The first-order chi connectivity index (χ1) is 15.4. The monoisotopic (exact) mass is 431 g/mol. The van der Waals surface area contributed by atoms with Crippen LogP contribution in [0.15, 0.2) is 65.5 Å². The lowest BCUT2D eigenvalue weighted by atomic mass is 10.1. The fourth-order valence-electron chi connectivity index (χ4n) is 3.34. The summed E-state index contributed by atoms with van der Waals surface area (Å²) in [4.78, 5) is 27.5. The van der Waals surface area contributed by atoms with Gasteiger partial charge in [-0.05, 0) is 63.0 Å². The molecule has 32 heavy (non-hydrogen) atoms. The standard InChI is InChI=1S/C24H25N5O3/c1-27(2)12-5-13-28(24(31)32)21-9-4-7-19(15-21)17-29-23(30)11-10-22(26-29)20-8-3-6-18(14-20)16-25/h3-4,6-11,14-15H,5,12-13,17H2,1-2H3,(H,31,32). The number of aromatic nitrogens is 2. The molecule has 0 aliphatic carbocycles.